The number of nitrogens with one attached hydrogen (secondary N) is 1. The Bertz CT molecular complexity index is 336. The summed E-state index contributed by atoms with van der Waals surface area (Å²) in [5.41, 5.74) is 4.20. The third kappa shape index (κ3) is 5.33. The van der Waals surface area contributed by atoms with Crippen molar-refractivity contribution in [3.8, 4) is 0 Å². The van der Waals surface area contributed by atoms with Crippen molar-refractivity contribution in [2.24, 2.45) is 5.92 Å². The molecule has 0 spiro atoms. The number of ether oxygens (including phenoxy) is 1. The van der Waals surface area contributed by atoms with Crippen molar-refractivity contribution in [2.75, 3.05) is 26.8 Å². The Hall–Kier alpha value is -0.860. The van der Waals surface area contributed by atoms with Crippen LogP contribution in [0.5, 0.6) is 0 Å². The average Bonchev–Trinajstić information content (AvgIpc) is 2.30. The molecule has 96 valence electrons. The van der Waals surface area contributed by atoms with E-state index in [1.54, 1.807) is 7.11 Å². The minimum absolute atomic E-state index is 0.661. The maximum Gasteiger partial charge on any atom is 0.0587 e. The SMILES string of the molecule is COCCNCC(C)Cc1ccc(C)c(C)c1. The third-order valence-corrected chi connectivity index (χ3v) is 3.13. The second-order valence-corrected chi connectivity index (χ2v) is 4.92. The Balaban J connectivity index is 2.34. The number of benzene rings is 1. The van der Waals surface area contributed by atoms with E-state index < -0.39 is 0 Å². The fourth-order valence-corrected chi connectivity index (χ4v) is 1.93. The molecule has 0 aliphatic rings. The van der Waals surface area contributed by atoms with Crippen molar-refractivity contribution in [3.63, 3.8) is 0 Å². The first kappa shape index (κ1) is 14.2. The Labute approximate surface area is 105 Å². The molecular formula is C15H25NO. The summed E-state index contributed by atoms with van der Waals surface area (Å²) >= 11 is 0. The monoisotopic (exact) mass is 235 g/mol. The molecule has 17 heavy (non-hydrogen) atoms. The molecule has 0 fully saturated rings. The molecule has 1 N–H and O–H groups in total. The van der Waals surface area contributed by atoms with Gasteiger partial charge in [-0.05, 0) is 49.4 Å². The normalized spacial score (nSPS) is 12.7. The summed E-state index contributed by atoms with van der Waals surface area (Å²) < 4.78 is 5.01. The Morgan fingerprint density at radius 2 is 2.00 bits per heavy atom. The number of methoxy groups -OCH3 is 1. The summed E-state index contributed by atoms with van der Waals surface area (Å²) in [4.78, 5) is 0. The van der Waals surface area contributed by atoms with Gasteiger partial charge in [-0.25, -0.2) is 0 Å². The number of hydrogen-bond donors (Lipinski definition) is 1. The molecule has 0 amide bonds. The predicted molar refractivity (Wildman–Crippen MR) is 73.5 cm³/mol. The van der Waals surface area contributed by atoms with Crippen LogP contribution in [0.2, 0.25) is 0 Å². The van der Waals surface area contributed by atoms with Gasteiger partial charge in [-0.15, -0.1) is 0 Å². The fourth-order valence-electron chi connectivity index (χ4n) is 1.93. The van der Waals surface area contributed by atoms with Gasteiger partial charge in [0.1, 0.15) is 0 Å². The molecule has 1 aromatic carbocycles. The highest BCUT2D eigenvalue weighted by atomic mass is 16.5. The highest BCUT2D eigenvalue weighted by molar-refractivity contribution is 5.30. The molecule has 1 aromatic rings. The van der Waals surface area contributed by atoms with Gasteiger partial charge in [-0.2, -0.15) is 0 Å². The Kier molecular flexibility index (Phi) is 6.23. The van der Waals surface area contributed by atoms with Crippen LogP contribution in [0.4, 0.5) is 0 Å². The van der Waals surface area contributed by atoms with Gasteiger partial charge < -0.3 is 10.1 Å². The van der Waals surface area contributed by atoms with Crippen molar-refractivity contribution in [1.82, 2.24) is 5.32 Å². The standard InChI is InChI=1S/C15H25NO/c1-12(11-16-7-8-17-4)9-15-6-5-13(2)14(3)10-15/h5-6,10,12,16H,7-9,11H2,1-4H3. The zero-order valence-electron chi connectivity index (χ0n) is 11.5. The van der Waals surface area contributed by atoms with Crippen molar-refractivity contribution < 1.29 is 4.74 Å². The quantitative estimate of drug-likeness (QED) is 0.734. The van der Waals surface area contributed by atoms with Gasteiger partial charge in [-0.3, -0.25) is 0 Å². The molecule has 0 saturated carbocycles. The number of aryl methyl sites for hydroxylation is 2. The number of hydrogen-bond acceptors (Lipinski definition) is 2. The maximum absolute atomic E-state index is 5.01. The first-order valence-corrected chi connectivity index (χ1v) is 6.39. The molecule has 2 heteroatoms. The van der Waals surface area contributed by atoms with Crippen LogP contribution in [0.1, 0.15) is 23.6 Å². The van der Waals surface area contributed by atoms with Crippen LogP contribution in [-0.2, 0) is 11.2 Å². The predicted octanol–water partition coefficient (Wildman–Crippen LogP) is 2.72. The summed E-state index contributed by atoms with van der Waals surface area (Å²) in [6.07, 6.45) is 1.14. The fraction of sp³-hybridized carbons (Fsp3) is 0.600. The van der Waals surface area contributed by atoms with Gasteiger partial charge in [-0.1, -0.05) is 25.1 Å². The molecule has 0 radical (unpaired) electrons. The Morgan fingerprint density at radius 1 is 1.24 bits per heavy atom. The highest BCUT2D eigenvalue weighted by Gasteiger charge is 2.04. The van der Waals surface area contributed by atoms with Crippen LogP contribution >= 0.6 is 0 Å². The van der Waals surface area contributed by atoms with Gasteiger partial charge in [0.2, 0.25) is 0 Å². The van der Waals surface area contributed by atoms with Crippen molar-refractivity contribution >= 4 is 0 Å². The van der Waals surface area contributed by atoms with E-state index in [9.17, 15) is 0 Å². The lowest BCUT2D eigenvalue weighted by Crippen LogP contribution is -2.25. The van der Waals surface area contributed by atoms with Crippen molar-refractivity contribution in [3.05, 3.63) is 34.9 Å². The van der Waals surface area contributed by atoms with Crippen LogP contribution < -0.4 is 5.32 Å². The molecule has 2 nitrogen and oxygen atoms in total. The molecule has 0 aliphatic heterocycles. The molecule has 0 aromatic heterocycles. The zero-order valence-corrected chi connectivity index (χ0v) is 11.5. The van der Waals surface area contributed by atoms with Crippen LogP contribution in [0.25, 0.3) is 0 Å². The van der Waals surface area contributed by atoms with Gasteiger partial charge in [0.15, 0.2) is 0 Å². The van der Waals surface area contributed by atoms with E-state index in [-0.39, 0.29) is 0 Å². The number of rotatable bonds is 7. The molecule has 0 aliphatic carbocycles. The molecule has 0 heterocycles. The van der Waals surface area contributed by atoms with E-state index in [1.165, 1.54) is 16.7 Å². The van der Waals surface area contributed by atoms with Gasteiger partial charge in [0.25, 0.3) is 0 Å². The van der Waals surface area contributed by atoms with Gasteiger partial charge in [0.05, 0.1) is 6.61 Å². The van der Waals surface area contributed by atoms with Gasteiger partial charge in [0, 0.05) is 13.7 Å². The smallest absolute Gasteiger partial charge is 0.0587 e. The molecular weight excluding hydrogens is 210 g/mol. The summed E-state index contributed by atoms with van der Waals surface area (Å²) in [6.45, 7) is 9.41. The first-order valence-electron chi connectivity index (χ1n) is 6.39. The Morgan fingerprint density at radius 3 is 2.65 bits per heavy atom. The van der Waals surface area contributed by atoms with E-state index in [0.29, 0.717) is 5.92 Å². The van der Waals surface area contributed by atoms with Crippen molar-refractivity contribution in [2.45, 2.75) is 27.2 Å². The largest absolute Gasteiger partial charge is 0.383 e. The first-order chi connectivity index (χ1) is 8.13. The average molecular weight is 235 g/mol. The molecule has 0 saturated heterocycles. The summed E-state index contributed by atoms with van der Waals surface area (Å²) in [5.74, 6) is 0.661. The maximum atomic E-state index is 5.01. The third-order valence-electron chi connectivity index (χ3n) is 3.13. The van der Waals surface area contributed by atoms with Crippen molar-refractivity contribution in [1.29, 1.82) is 0 Å². The van der Waals surface area contributed by atoms with E-state index >= 15 is 0 Å². The van der Waals surface area contributed by atoms with E-state index in [2.05, 4.69) is 44.3 Å². The summed E-state index contributed by atoms with van der Waals surface area (Å²) in [6, 6.07) is 6.77. The van der Waals surface area contributed by atoms with Crippen LogP contribution in [-0.4, -0.2) is 26.8 Å². The summed E-state index contributed by atoms with van der Waals surface area (Å²) in [7, 11) is 1.74. The molecule has 1 unspecified atom stereocenters. The topological polar surface area (TPSA) is 21.3 Å². The lowest BCUT2D eigenvalue weighted by molar-refractivity contribution is 0.198. The zero-order chi connectivity index (χ0) is 12.7. The second kappa shape index (κ2) is 7.46. The lowest BCUT2D eigenvalue weighted by Gasteiger charge is -2.13. The van der Waals surface area contributed by atoms with Gasteiger partial charge >= 0.3 is 0 Å². The lowest BCUT2D eigenvalue weighted by atomic mass is 9.98. The van der Waals surface area contributed by atoms with E-state index in [1.807, 2.05) is 0 Å². The minimum Gasteiger partial charge on any atom is -0.383 e. The van der Waals surface area contributed by atoms with E-state index in [0.717, 1.165) is 26.1 Å². The molecule has 1 atom stereocenters. The molecule has 0 bridgehead atoms. The van der Waals surface area contributed by atoms with E-state index in [4.69, 9.17) is 4.74 Å². The van der Waals surface area contributed by atoms with Crippen LogP contribution in [0, 0.1) is 19.8 Å². The van der Waals surface area contributed by atoms with Crippen LogP contribution in [0.3, 0.4) is 0 Å². The second-order valence-electron chi connectivity index (χ2n) is 4.92. The minimum atomic E-state index is 0.661. The summed E-state index contributed by atoms with van der Waals surface area (Å²) in [5, 5.41) is 3.41. The highest BCUT2D eigenvalue weighted by Crippen LogP contribution is 2.13. The van der Waals surface area contributed by atoms with Crippen LogP contribution in [0.15, 0.2) is 18.2 Å². The molecule has 1 rings (SSSR count).